The van der Waals surface area contributed by atoms with E-state index in [0.29, 0.717) is 18.4 Å². The molecule has 2 fully saturated rings. The first kappa shape index (κ1) is 15.0. The van der Waals surface area contributed by atoms with Crippen molar-refractivity contribution in [1.82, 2.24) is 4.90 Å². The summed E-state index contributed by atoms with van der Waals surface area (Å²) in [6.07, 6.45) is 4.46. The molecule has 1 spiro atoms. The molecule has 1 atom stereocenters. The van der Waals surface area contributed by atoms with Gasteiger partial charge in [-0.3, -0.25) is 9.69 Å². The summed E-state index contributed by atoms with van der Waals surface area (Å²) in [5.74, 6) is -1.24. The van der Waals surface area contributed by atoms with E-state index in [0.717, 1.165) is 24.8 Å². The number of carbonyl (C=O) groups excluding carboxylic acids is 1. The van der Waals surface area contributed by atoms with Gasteiger partial charge in [-0.2, -0.15) is 0 Å². The van der Waals surface area contributed by atoms with E-state index in [4.69, 9.17) is 4.74 Å². The van der Waals surface area contributed by atoms with Gasteiger partial charge < -0.3 is 9.84 Å². The molecule has 5 heteroatoms. The zero-order valence-corrected chi connectivity index (χ0v) is 12.7. The molecule has 1 aromatic carbocycles. The molecule has 1 amide bonds. The number of hydrogen-bond acceptors (Lipinski definition) is 3. The summed E-state index contributed by atoms with van der Waals surface area (Å²) in [5.41, 5.74) is 0.854. The maximum absolute atomic E-state index is 12.9. The third-order valence-corrected chi connectivity index (χ3v) is 4.70. The molecular weight excluding hydrogens is 282 g/mol. The summed E-state index contributed by atoms with van der Waals surface area (Å²) >= 11 is 0. The van der Waals surface area contributed by atoms with Gasteiger partial charge in [0.05, 0.1) is 6.61 Å². The molecule has 1 N–H and O–H groups in total. The van der Waals surface area contributed by atoms with Gasteiger partial charge in [-0.25, -0.2) is 4.79 Å². The molecule has 1 heterocycles. The Morgan fingerprint density at radius 2 is 1.82 bits per heavy atom. The van der Waals surface area contributed by atoms with E-state index in [-0.39, 0.29) is 12.5 Å². The van der Waals surface area contributed by atoms with E-state index in [1.165, 1.54) is 4.90 Å². The Kier molecular flexibility index (Phi) is 3.91. The average Bonchev–Trinajstić information content (AvgIpc) is 2.87. The summed E-state index contributed by atoms with van der Waals surface area (Å²) in [6, 6.07) is 6.35. The van der Waals surface area contributed by atoms with Crippen molar-refractivity contribution in [3.05, 3.63) is 35.4 Å². The first-order valence-electron chi connectivity index (χ1n) is 7.81. The van der Waals surface area contributed by atoms with E-state index in [1.54, 1.807) is 12.1 Å². The monoisotopic (exact) mass is 303 g/mol. The van der Waals surface area contributed by atoms with Gasteiger partial charge >= 0.3 is 5.97 Å². The molecule has 5 nitrogen and oxygen atoms in total. The number of amides is 1. The number of carboxylic acids is 1. The fourth-order valence-electron chi connectivity index (χ4n) is 3.50. The number of carbonyl (C=O) groups is 2. The number of hydrogen-bond donors (Lipinski definition) is 1. The lowest BCUT2D eigenvalue weighted by molar-refractivity contribution is -0.143. The van der Waals surface area contributed by atoms with Gasteiger partial charge in [-0.1, -0.05) is 24.1 Å². The number of nitrogens with zero attached hydrogens (tertiary/aromatic N) is 1. The Morgan fingerprint density at radius 3 is 2.41 bits per heavy atom. The highest BCUT2D eigenvalue weighted by molar-refractivity contribution is 5.97. The first-order chi connectivity index (χ1) is 10.5. The van der Waals surface area contributed by atoms with Crippen LogP contribution in [0.5, 0.6) is 0 Å². The lowest BCUT2D eigenvalue weighted by Crippen LogP contribution is -2.54. The van der Waals surface area contributed by atoms with E-state index in [9.17, 15) is 14.7 Å². The SMILES string of the molecule is Cc1ccc(C(=O)N2[C@@H](C(=O)O)COC23CCCCC3)cc1. The van der Waals surface area contributed by atoms with Gasteiger partial charge in [0.25, 0.3) is 5.91 Å². The van der Waals surface area contributed by atoms with Gasteiger partial charge in [0.15, 0.2) is 6.04 Å². The van der Waals surface area contributed by atoms with Crippen LogP contribution >= 0.6 is 0 Å². The molecule has 0 bridgehead atoms. The van der Waals surface area contributed by atoms with Crippen LogP contribution in [0.15, 0.2) is 24.3 Å². The molecule has 1 aliphatic carbocycles. The van der Waals surface area contributed by atoms with Gasteiger partial charge in [-0.05, 0) is 44.7 Å². The van der Waals surface area contributed by atoms with Gasteiger partial charge in [0.2, 0.25) is 0 Å². The van der Waals surface area contributed by atoms with Crippen LogP contribution < -0.4 is 0 Å². The van der Waals surface area contributed by atoms with Gasteiger partial charge in [-0.15, -0.1) is 0 Å². The van der Waals surface area contributed by atoms with Gasteiger partial charge in [0, 0.05) is 5.56 Å². The summed E-state index contributed by atoms with van der Waals surface area (Å²) in [6.45, 7) is 2.03. The topological polar surface area (TPSA) is 66.8 Å². The van der Waals surface area contributed by atoms with Crippen molar-refractivity contribution in [3.63, 3.8) is 0 Å². The van der Waals surface area contributed by atoms with Crippen molar-refractivity contribution in [2.45, 2.75) is 50.8 Å². The van der Waals surface area contributed by atoms with Crippen LogP contribution in [0.2, 0.25) is 0 Å². The fourth-order valence-corrected chi connectivity index (χ4v) is 3.50. The molecule has 3 rings (SSSR count). The quantitative estimate of drug-likeness (QED) is 0.912. The molecule has 1 aliphatic heterocycles. The van der Waals surface area contributed by atoms with Crippen molar-refractivity contribution in [1.29, 1.82) is 0 Å². The minimum atomic E-state index is -0.997. The number of aliphatic carboxylic acids is 1. The Bertz CT molecular complexity index is 575. The highest BCUT2D eigenvalue weighted by Crippen LogP contribution is 2.41. The van der Waals surface area contributed by atoms with Crippen LogP contribution in [-0.2, 0) is 9.53 Å². The Hall–Kier alpha value is -1.88. The average molecular weight is 303 g/mol. The zero-order chi connectivity index (χ0) is 15.7. The summed E-state index contributed by atoms with van der Waals surface area (Å²) < 4.78 is 5.86. The van der Waals surface area contributed by atoms with Crippen LogP contribution in [0.3, 0.4) is 0 Å². The molecule has 1 saturated carbocycles. The van der Waals surface area contributed by atoms with E-state index in [1.807, 2.05) is 19.1 Å². The molecule has 0 aromatic heterocycles. The minimum absolute atomic E-state index is 0.0763. The minimum Gasteiger partial charge on any atom is -0.480 e. The molecule has 0 radical (unpaired) electrons. The lowest BCUT2D eigenvalue weighted by atomic mass is 9.89. The first-order valence-corrected chi connectivity index (χ1v) is 7.81. The van der Waals surface area contributed by atoms with Crippen LogP contribution in [0, 0.1) is 6.92 Å². The van der Waals surface area contributed by atoms with Crippen molar-refractivity contribution < 1.29 is 19.4 Å². The molecule has 22 heavy (non-hydrogen) atoms. The fraction of sp³-hybridized carbons (Fsp3) is 0.529. The molecular formula is C17H21NO4. The number of aryl methyl sites for hydroxylation is 1. The highest BCUT2D eigenvalue weighted by atomic mass is 16.5. The van der Waals surface area contributed by atoms with Gasteiger partial charge in [0.1, 0.15) is 5.72 Å². The molecule has 2 aliphatic rings. The molecule has 0 unspecified atom stereocenters. The predicted molar refractivity (Wildman–Crippen MR) is 80.5 cm³/mol. The van der Waals surface area contributed by atoms with E-state index >= 15 is 0 Å². The second kappa shape index (κ2) is 5.72. The van der Waals surface area contributed by atoms with E-state index < -0.39 is 17.7 Å². The largest absolute Gasteiger partial charge is 0.480 e. The Labute approximate surface area is 129 Å². The summed E-state index contributed by atoms with van der Waals surface area (Å²) in [7, 11) is 0. The number of rotatable bonds is 2. The zero-order valence-electron chi connectivity index (χ0n) is 12.7. The molecule has 118 valence electrons. The second-order valence-electron chi connectivity index (χ2n) is 6.21. The van der Waals surface area contributed by atoms with Crippen LogP contribution in [0.25, 0.3) is 0 Å². The third kappa shape index (κ3) is 2.50. The Morgan fingerprint density at radius 1 is 1.18 bits per heavy atom. The normalized spacial score (nSPS) is 23.7. The number of carboxylic acid groups (broad SMARTS) is 1. The standard InChI is InChI=1S/C17H21NO4/c1-12-5-7-13(8-6-12)15(19)18-14(16(20)21)11-22-17(18)9-3-2-4-10-17/h5-8,14H,2-4,9-11H2,1H3,(H,20,21)/t14-/m1/s1. The van der Waals surface area contributed by atoms with Crippen LogP contribution in [0.4, 0.5) is 0 Å². The third-order valence-electron chi connectivity index (χ3n) is 4.70. The molecule has 1 aromatic rings. The van der Waals surface area contributed by atoms with Crippen molar-refractivity contribution in [2.24, 2.45) is 0 Å². The predicted octanol–water partition coefficient (Wildman–Crippen LogP) is 2.58. The molecule has 1 saturated heterocycles. The Balaban J connectivity index is 1.95. The lowest BCUT2D eigenvalue weighted by Gasteiger charge is -2.41. The van der Waals surface area contributed by atoms with Crippen molar-refractivity contribution >= 4 is 11.9 Å². The maximum Gasteiger partial charge on any atom is 0.328 e. The number of benzene rings is 1. The van der Waals surface area contributed by atoms with Crippen molar-refractivity contribution in [2.75, 3.05) is 6.61 Å². The smallest absolute Gasteiger partial charge is 0.328 e. The second-order valence-corrected chi connectivity index (χ2v) is 6.21. The van der Waals surface area contributed by atoms with Crippen LogP contribution in [-0.4, -0.2) is 40.3 Å². The summed E-state index contributed by atoms with van der Waals surface area (Å²) in [5, 5.41) is 9.46. The van der Waals surface area contributed by atoms with Crippen molar-refractivity contribution in [3.8, 4) is 0 Å². The summed E-state index contributed by atoms with van der Waals surface area (Å²) in [4.78, 5) is 26.0. The highest BCUT2D eigenvalue weighted by Gasteiger charge is 2.53. The maximum atomic E-state index is 12.9. The van der Waals surface area contributed by atoms with Crippen LogP contribution in [0.1, 0.15) is 48.0 Å². The van der Waals surface area contributed by atoms with E-state index in [2.05, 4.69) is 0 Å². The number of ether oxygens (including phenoxy) is 1.